The van der Waals surface area contributed by atoms with Gasteiger partial charge in [-0.3, -0.25) is 10.1 Å². The number of nitrogens with zero attached hydrogens (tertiary/aromatic N) is 1. The summed E-state index contributed by atoms with van der Waals surface area (Å²) in [6, 6.07) is 7.66. The Hall–Kier alpha value is -2.85. The monoisotopic (exact) mass is 433 g/mol. The molecule has 0 radical (unpaired) electrons. The van der Waals surface area contributed by atoms with E-state index in [2.05, 4.69) is 10.0 Å². The minimum Gasteiger partial charge on any atom is -0.490 e. The molecule has 2 aromatic rings. The van der Waals surface area contributed by atoms with Gasteiger partial charge in [0.2, 0.25) is 15.9 Å². The lowest BCUT2D eigenvalue weighted by Crippen LogP contribution is -2.27. The number of ether oxygens (including phenoxy) is 1. The molecule has 2 fully saturated rings. The first-order chi connectivity index (χ1) is 14.4. The number of nitrogens with one attached hydrogen (secondary N) is 2. The van der Waals surface area contributed by atoms with Crippen LogP contribution in [0.2, 0.25) is 0 Å². The fourth-order valence-electron chi connectivity index (χ4n) is 3.58. The molecule has 1 saturated carbocycles. The van der Waals surface area contributed by atoms with Gasteiger partial charge in [0, 0.05) is 18.2 Å². The van der Waals surface area contributed by atoms with Crippen molar-refractivity contribution in [3.05, 3.63) is 47.9 Å². The summed E-state index contributed by atoms with van der Waals surface area (Å²) in [6.45, 7) is 0.135. The van der Waals surface area contributed by atoms with E-state index in [0.29, 0.717) is 17.1 Å². The molecule has 2 aliphatic rings. The molecule has 1 aromatic carbocycles. The van der Waals surface area contributed by atoms with Crippen LogP contribution in [0.5, 0.6) is 5.75 Å². The van der Waals surface area contributed by atoms with Gasteiger partial charge in [0.15, 0.2) is 0 Å². The standard InChI is InChI=1S/C20H23N3O6S/c24-19-12-23(20(25)22-19)11-17-8-14(13-28-17)10-21-30(26,27)18-7-3-6-16(9-18)29-15-4-1-2-5-15/h3,6-9,13,15,21H,1-2,4-5,10-12H2,(H,22,24,25). The quantitative estimate of drug-likeness (QED) is 0.616. The molecular weight excluding hydrogens is 410 g/mol. The topological polar surface area (TPSA) is 118 Å². The van der Waals surface area contributed by atoms with Crippen LogP contribution in [0.25, 0.3) is 0 Å². The number of furan rings is 1. The molecule has 10 heteroatoms. The van der Waals surface area contributed by atoms with Crippen molar-refractivity contribution in [2.24, 2.45) is 0 Å². The molecule has 2 N–H and O–H groups in total. The predicted octanol–water partition coefficient (Wildman–Crippen LogP) is 2.13. The highest BCUT2D eigenvalue weighted by atomic mass is 32.2. The van der Waals surface area contributed by atoms with Crippen molar-refractivity contribution >= 4 is 22.0 Å². The van der Waals surface area contributed by atoms with Crippen molar-refractivity contribution in [3.63, 3.8) is 0 Å². The summed E-state index contributed by atoms with van der Waals surface area (Å²) in [7, 11) is -3.73. The third-order valence-corrected chi connectivity index (χ3v) is 6.51. The lowest BCUT2D eigenvalue weighted by molar-refractivity contribution is -0.118. The molecule has 1 saturated heterocycles. The van der Waals surface area contributed by atoms with E-state index >= 15 is 0 Å². The molecule has 1 aliphatic heterocycles. The number of sulfonamides is 1. The summed E-state index contributed by atoms with van der Waals surface area (Å²) < 4.78 is 39.1. The highest BCUT2D eigenvalue weighted by Gasteiger charge is 2.27. The summed E-state index contributed by atoms with van der Waals surface area (Å²) in [5, 5.41) is 2.19. The minimum atomic E-state index is -3.73. The van der Waals surface area contributed by atoms with Gasteiger partial charge in [-0.1, -0.05) is 6.07 Å². The molecule has 0 bridgehead atoms. The molecule has 1 aromatic heterocycles. The van der Waals surface area contributed by atoms with Gasteiger partial charge in [-0.05, 0) is 43.9 Å². The van der Waals surface area contributed by atoms with Gasteiger partial charge >= 0.3 is 6.03 Å². The van der Waals surface area contributed by atoms with Gasteiger partial charge in [0.1, 0.15) is 18.1 Å². The Morgan fingerprint density at radius 2 is 2.00 bits per heavy atom. The molecule has 3 amide bonds. The molecule has 9 nitrogen and oxygen atoms in total. The molecule has 0 spiro atoms. The van der Waals surface area contributed by atoms with E-state index in [1.807, 2.05) is 0 Å². The van der Waals surface area contributed by atoms with E-state index in [4.69, 9.17) is 9.15 Å². The number of carbonyl (C=O) groups excluding carboxylic acids is 2. The maximum absolute atomic E-state index is 12.7. The predicted molar refractivity (Wildman–Crippen MR) is 106 cm³/mol. The summed E-state index contributed by atoms with van der Waals surface area (Å²) in [6.07, 6.45) is 5.82. The van der Waals surface area contributed by atoms with Crippen LogP contribution in [0.1, 0.15) is 37.0 Å². The van der Waals surface area contributed by atoms with E-state index in [1.54, 1.807) is 18.2 Å². The zero-order valence-corrected chi connectivity index (χ0v) is 17.1. The zero-order valence-electron chi connectivity index (χ0n) is 16.3. The number of imide groups is 1. The minimum absolute atomic E-state index is 0.0270. The molecule has 0 atom stereocenters. The summed E-state index contributed by atoms with van der Waals surface area (Å²) in [4.78, 5) is 24.3. The van der Waals surface area contributed by atoms with Crippen molar-refractivity contribution in [2.75, 3.05) is 6.54 Å². The Balaban J connectivity index is 1.35. The van der Waals surface area contributed by atoms with Crippen LogP contribution in [-0.4, -0.2) is 37.9 Å². The third kappa shape index (κ3) is 4.82. The van der Waals surface area contributed by atoms with Gasteiger partial charge in [-0.2, -0.15) is 0 Å². The van der Waals surface area contributed by atoms with Crippen LogP contribution < -0.4 is 14.8 Å². The number of hydrogen-bond acceptors (Lipinski definition) is 6. The Labute approximate surface area is 174 Å². The van der Waals surface area contributed by atoms with Crippen LogP contribution in [0.3, 0.4) is 0 Å². The van der Waals surface area contributed by atoms with Gasteiger partial charge in [-0.25, -0.2) is 17.9 Å². The van der Waals surface area contributed by atoms with Crippen molar-refractivity contribution in [1.82, 2.24) is 14.9 Å². The van der Waals surface area contributed by atoms with Gasteiger partial charge in [-0.15, -0.1) is 0 Å². The molecule has 30 heavy (non-hydrogen) atoms. The molecular formula is C20H23N3O6S. The van der Waals surface area contributed by atoms with Crippen LogP contribution in [0, 0.1) is 0 Å². The number of rotatable bonds is 8. The zero-order chi connectivity index (χ0) is 21.1. The molecule has 4 rings (SSSR count). The van der Waals surface area contributed by atoms with Crippen molar-refractivity contribution in [2.45, 2.75) is 49.8 Å². The van der Waals surface area contributed by atoms with E-state index in [9.17, 15) is 18.0 Å². The number of benzene rings is 1. The van der Waals surface area contributed by atoms with E-state index in [1.165, 1.54) is 23.3 Å². The Morgan fingerprint density at radius 1 is 1.20 bits per heavy atom. The average Bonchev–Trinajstić information content (AvgIpc) is 3.44. The lowest BCUT2D eigenvalue weighted by Gasteiger charge is -2.14. The van der Waals surface area contributed by atoms with Gasteiger partial charge in [0.25, 0.3) is 0 Å². The largest absolute Gasteiger partial charge is 0.490 e. The molecule has 2 heterocycles. The van der Waals surface area contributed by atoms with E-state index in [-0.39, 0.29) is 36.5 Å². The second-order valence-corrected chi connectivity index (χ2v) is 9.22. The number of carbonyl (C=O) groups is 2. The highest BCUT2D eigenvalue weighted by molar-refractivity contribution is 7.89. The fourth-order valence-corrected chi connectivity index (χ4v) is 4.63. The van der Waals surface area contributed by atoms with E-state index in [0.717, 1.165) is 25.7 Å². The van der Waals surface area contributed by atoms with E-state index < -0.39 is 16.1 Å². The van der Waals surface area contributed by atoms with Crippen molar-refractivity contribution < 1.29 is 27.2 Å². The maximum atomic E-state index is 12.7. The number of hydrogen-bond donors (Lipinski definition) is 2. The molecule has 160 valence electrons. The lowest BCUT2D eigenvalue weighted by atomic mass is 10.3. The van der Waals surface area contributed by atoms with Crippen LogP contribution in [-0.2, 0) is 27.9 Å². The molecule has 0 unspecified atom stereocenters. The van der Waals surface area contributed by atoms with Crippen LogP contribution >= 0.6 is 0 Å². The average molecular weight is 433 g/mol. The molecule has 1 aliphatic carbocycles. The second-order valence-electron chi connectivity index (χ2n) is 7.45. The van der Waals surface area contributed by atoms with Crippen LogP contribution in [0.15, 0.2) is 45.9 Å². The normalized spacial score (nSPS) is 17.5. The van der Waals surface area contributed by atoms with Crippen LogP contribution in [0.4, 0.5) is 4.79 Å². The summed E-state index contributed by atoms with van der Waals surface area (Å²) in [5.41, 5.74) is 0.609. The third-order valence-electron chi connectivity index (χ3n) is 5.11. The van der Waals surface area contributed by atoms with Gasteiger partial charge < -0.3 is 14.1 Å². The smallest absolute Gasteiger partial charge is 0.324 e. The first-order valence-electron chi connectivity index (χ1n) is 9.80. The summed E-state index contributed by atoms with van der Waals surface area (Å²) in [5.74, 6) is 0.647. The number of amides is 3. The SMILES string of the molecule is O=C1CN(Cc2cc(CNS(=O)(=O)c3cccc(OC4CCCC4)c3)co2)C(=O)N1. The first kappa shape index (κ1) is 20.4. The number of urea groups is 1. The Morgan fingerprint density at radius 3 is 2.73 bits per heavy atom. The van der Waals surface area contributed by atoms with Crippen molar-refractivity contribution in [3.8, 4) is 5.75 Å². The fraction of sp³-hybridized carbons (Fsp3) is 0.400. The Kier molecular flexibility index (Phi) is 5.78. The second kappa shape index (κ2) is 8.49. The maximum Gasteiger partial charge on any atom is 0.324 e. The summed E-state index contributed by atoms with van der Waals surface area (Å²) >= 11 is 0. The first-order valence-corrected chi connectivity index (χ1v) is 11.3. The van der Waals surface area contributed by atoms with Crippen molar-refractivity contribution in [1.29, 1.82) is 0 Å². The highest BCUT2D eigenvalue weighted by Crippen LogP contribution is 2.25. The Bertz CT molecular complexity index is 1040. The van der Waals surface area contributed by atoms with Gasteiger partial charge in [0.05, 0.1) is 23.8 Å².